The normalized spacial score (nSPS) is 10.6. The predicted molar refractivity (Wildman–Crippen MR) is 130 cm³/mol. The highest BCUT2D eigenvalue weighted by Gasteiger charge is 2.13. The summed E-state index contributed by atoms with van der Waals surface area (Å²) in [5.41, 5.74) is 4.41. The van der Waals surface area contributed by atoms with Crippen LogP contribution in [0, 0.1) is 6.92 Å². The minimum atomic E-state index is -0.500. The van der Waals surface area contributed by atoms with Crippen LogP contribution in [-0.2, 0) is 9.53 Å². The first-order valence-electron chi connectivity index (χ1n) is 10.6. The van der Waals surface area contributed by atoms with Gasteiger partial charge in [-0.15, -0.1) is 0 Å². The summed E-state index contributed by atoms with van der Waals surface area (Å²) in [5.74, 6) is 0.465. The second-order valence-electron chi connectivity index (χ2n) is 7.65. The van der Waals surface area contributed by atoms with Crippen LogP contribution in [0.4, 0.5) is 5.69 Å². The maximum absolute atomic E-state index is 12.7. The molecule has 4 rings (SSSR count). The molecule has 0 radical (unpaired) electrons. The number of carbonyl (C=O) groups excluding carboxylic acids is 2. The SMILES string of the molecule is COC(=O)COc1cc(-c2ccc(OC)cc2)nc2ccc(NC(=O)c3ccc(C)cc3)cc12. The number of nitrogens with zero attached hydrogens (tertiary/aromatic N) is 1. The van der Waals surface area contributed by atoms with Crippen LogP contribution < -0.4 is 14.8 Å². The Kier molecular flexibility index (Phi) is 6.73. The fourth-order valence-electron chi connectivity index (χ4n) is 3.41. The Hall–Kier alpha value is -4.39. The zero-order valence-corrected chi connectivity index (χ0v) is 19.1. The molecule has 7 nitrogen and oxygen atoms in total. The molecule has 0 aliphatic carbocycles. The van der Waals surface area contributed by atoms with Gasteiger partial charge in [0.15, 0.2) is 6.61 Å². The Bertz CT molecular complexity index is 1330. The van der Waals surface area contributed by atoms with Gasteiger partial charge in [-0.3, -0.25) is 4.79 Å². The number of methoxy groups -OCH3 is 2. The molecule has 0 aliphatic rings. The number of hydrogen-bond acceptors (Lipinski definition) is 6. The van der Waals surface area contributed by atoms with Gasteiger partial charge in [-0.2, -0.15) is 0 Å². The number of ether oxygens (including phenoxy) is 3. The number of nitrogens with one attached hydrogen (secondary N) is 1. The van der Waals surface area contributed by atoms with E-state index in [-0.39, 0.29) is 12.5 Å². The van der Waals surface area contributed by atoms with Crippen LogP contribution >= 0.6 is 0 Å². The first-order valence-corrected chi connectivity index (χ1v) is 10.6. The molecule has 0 bridgehead atoms. The lowest BCUT2D eigenvalue weighted by molar-refractivity contribution is -0.142. The standard InChI is InChI=1S/C27H24N2O5/c1-17-4-6-19(7-5-17)27(31)28-20-10-13-23-22(14-20)25(34-16-26(30)33-3)15-24(29-23)18-8-11-21(32-2)12-9-18/h4-15H,16H2,1-3H3,(H,28,31). The molecule has 0 aliphatic heterocycles. The van der Waals surface area contributed by atoms with Crippen LogP contribution in [-0.4, -0.2) is 37.7 Å². The smallest absolute Gasteiger partial charge is 0.343 e. The van der Waals surface area contributed by atoms with Gasteiger partial charge in [-0.1, -0.05) is 17.7 Å². The molecule has 0 unspecified atom stereocenters. The van der Waals surface area contributed by atoms with E-state index < -0.39 is 5.97 Å². The fourth-order valence-corrected chi connectivity index (χ4v) is 3.41. The van der Waals surface area contributed by atoms with Crippen LogP contribution in [0.25, 0.3) is 22.2 Å². The second-order valence-corrected chi connectivity index (χ2v) is 7.65. The lowest BCUT2D eigenvalue weighted by atomic mass is 10.1. The summed E-state index contributed by atoms with van der Waals surface area (Å²) in [6.07, 6.45) is 0. The molecule has 4 aromatic rings. The monoisotopic (exact) mass is 456 g/mol. The van der Waals surface area contributed by atoms with E-state index in [0.29, 0.717) is 33.6 Å². The lowest BCUT2D eigenvalue weighted by Gasteiger charge is -2.13. The van der Waals surface area contributed by atoms with Crippen molar-refractivity contribution in [2.45, 2.75) is 6.92 Å². The largest absolute Gasteiger partial charge is 0.497 e. The van der Waals surface area contributed by atoms with Gasteiger partial charge in [0.25, 0.3) is 5.91 Å². The van der Waals surface area contributed by atoms with E-state index in [4.69, 9.17) is 19.2 Å². The summed E-state index contributed by atoms with van der Waals surface area (Å²) in [4.78, 5) is 29.1. The van der Waals surface area contributed by atoms with Crippen molar-refractivity contribution in [3.05, 3.63) is 83.9 Å². The van der Waals surface area contributed by atoms with Crippen molar-refractivity contribution >= 4 is 28.5 Å². The number of pyridine rings is 1. The molecular formula is C27H24N2O5. The lowest BCUT2D eigenvalue weighted by Crippen LogP contribution is -2.13. The van der Waals surface area contributed by atoms with Crippen LogP contribution in [0.15, 0.2) is 72.8 Å². The van der Waals surface area contributed by atoms with Crippen molar-refractivity contribution in [2.75, 3.05) is 26.1 Å². The second kappa shape index (κ2) is 10.0. The van der Waals surface area contributed by atoms with Crippen LogP contribution in [0.2, 0.25) is 0 Å². The maximum Gasteiger partial charge on any atom is 0.343 e. The number of esters is 1. The highest BCUT2D eigenvalue weighted by molar-refractivity contribution is 6.05. The summed E-state index contributed by atoms with van der Waals surface area (Å²) in [6, 6.07) is 21.9. The number of fused-ring (bicyclic) bond motifs is 1. The summed E-state index contributed by atoms with van der Waals surface area (Å²) >= 11 is 0. The van der Waals surface area contributed by atoms with Gasteiger partial charge < -0.3 is 19.5 Å². The number of rotatable bonds is 7. The van der Waals surface area contributed by atoms with Crippen LogP contribution in [0.3, 0.4) is 0 Å². The average Bonchev–Trinajstić information content (AvgIpc) is 2.87. The molecule has 0 spiro atoms. The number of aryl methyl sites for hydroxylation is 1. The van der Waals surface area contributed by atoms with Gasteiger partial charge in [-0.05, 0) is 61.5 Å². The van der Waals surface area contributed by atoms with Crippen molar-refractivity contribution < 1.29 is 23.8 Å². The van der Waals surface area contributed by atoms with Gasteiger partial charge in [-0.25, -0.2) is 9.78 Å². The van der Waals surface area contributed by atoms with E-state index in [1.54, 1.807) is 43.5 Å². The van der Waals surface area contributed by atoms with Gasteiger partial charge in [0, 0.05) is 28.3 Å². The molecule has 7 heteroatoms. The molecule has 0 saturated heterocycles. The fraction of sp³-hybridized carbons (Fsp3) is 0.148. The zero-order valence-electron chi connectivity index (χ0n) is 19.1. The van der Waals surface area contributed by atoms with Gasteiger partial charge in [0.1, 0.15) is 11.5 Å². The summed E-state index contributed by atoms with van der Waals surface area (Å²) < 4.78 is 15.7. The van der Waals surface area contributed by atoms with E-state index in [9.17, 15) is 9.59 Å². The maximum atomic E-state index is 12.7. The van der Waals surface area contributed by atoms with E-state index in [1.165, 1.54) is 7.11 Å². The molecule has 0 saturated carbocycles. The molecule has 34 heavy (non-hydrogen) atoms. The molecule has 172 valence electrons. The summed E-state index contributed by atoms with van der Waals surface area (Å²) in [6.45, 7) is 1.71. The first kappa shape index (κ1) is 22.8. The Balaban J connectivity index is 1.70. The number of anilines is 1. The third-order valence-corrected chi connectivity index (χ3v) is 5.30. The molecule has 0 fully saturated rings. The number of carbonyl (C=O) groups is 2. The summed E-state index contributed by atoms with van der Waals surface area (Å²) in [7, 11) is 2.91. The van der Waals surface area contributed by atoms with E-state index >= 15 is 0 Å². The Morgan fingerprint density at radius 1 is 0.912 bits per heavy atom. The quantitative estimate of drug-likeness (QED) is 0.393. The minimum Gasteiger partial charge on any atom is -0.497 e. The van der Waals surface area contributed by atoms with Crippen molar-refractivity contribution in [1.29, 1.82) is 0 Å². The molecule has 1 aromatic heterocycles. The van der Waals surface area contributed by atoms with Crippen molar-refractivity contribution in [2.24, 2.45) is 0 Å². The number of hydrogen-bond donors (Lipinski definition) is 1. The minimum absolute atomic E-state index is 0.223. The highest BCUT2D eigenvalue weighted by Crippen LogP contribution is 2.32. The zero-order chi connectivity index (χ0) is 24.1. The Labute approximate surface area is 197 Å². The number of aromatic nitrogens is 1. The third kappa shape index (κ3) is 5.15. The summed E-state index contributed by atoms with van der Waals surface area (Å²) in [5, 5.41) is 3.56. The van der Waals surface area contributed by atoms with E-state index in [0.717, 1.165) is 16.9 Å². The molecule has 1 N–H and O–H groups in total. The predicted octanol–water partition coefficient (Wildman–Crippen LogP) is 5.02. The van der Waals surface area contributed by atoms with E-state index in [1.807, 2.05) is 43.3 Å². The van der Waals surface area contributed by atoms with Crippen LogP contribution in [0.1, 0.15) is 15.9 Å². The Morgan fingerprint density at radius 2 is 1.65 bits per heavy atom. The topological polar surface area (TPSA) is 86.8 Å². The molecule has 3 aromatic carbocycles. The van der Waals surface area contributed by atoms with Crippen molar-refractivity contribution in [3.8, 4) is 22.8 Å². The molecule has 1 amide bonds. The van der Waals surface area contributed by atoms with Crippen LogP contribution in [0.5, 0.6) is 11.5 Å². The van der Waals surface area contributed by atoms with Crippen molar-refractivity contribution in [1.82, 2.24) is 4.98 Å². The molecule has 1 heterocycles. The third-order valence-electron chi connectivity index (χ3n) is 5.30. The van der Waals surface area contributed by atoms with Gasteiger partial charge >= 0.3 is 5.97 Å². The molecular weight excluding hydrogens is 432 g/mol. The number of benzene rings is 3. The van der Waals surface area contributed by atoms with Crippen molar-refractivity contribution in [3.63, 3.8) is 0 Å². The van der Waals surface area contributed by atoms with Gasteiger partial charge in [0.05, 0.1) is 25.4 Å². The first-order chi connectivity index (χ1) is 16.5. The van der Waals surface area contributed by atoms with E-state index in [2.05, 4.69) is 5.32 Å². The van der Waals surface area contributed by atoms with Gasteiger partial charge in [0.2, 0.25) is 0 Å². The Morgan fingerprint density at radius 3 is 2.32 bits per heavy atom. The average molecular weight is 456 g/mol. The number of amides is 1. The highest BCUT2D eigenvalue weighted by atomic mass is 16.6. The molecule has 0 atom stereocenters.